The van der Waals surface area contributed by atoms with Gasteiger partial charge in [0.25, 0.3) is 5.69 Å². The maximum absolute atomic E-state index is 12.2. The quantitative estimate of drug-likeness (QED) is 0.622. The smallest absolute Gasteiger partial charge is 0.258 e. The number of nitro benzene ring substituents is 1. The zero-order chi connectivity index (χ0) is 14.8. The second-order valence-corrected chi connectivity index (χ2v) is 6.95. The van der Waals surface area contributed by atoms with Crippen LogP contribution in [0.15, 0.2) is 57.9 Å². The van der Waals surface area contributed by atoms with Crippen LogP contribution in [0.2, 0.25) is 0 Å². The summed E-state index contributed by atoms with van der Waals surface area (Å²) in [6, 6.07) is 12.1. The van der Waals surface area contributed by atoms with Crippen LogP contribution in [0.5, 0.6) is 0 Å². The summed E-state index contributed by atoms with van der Waals surface area (Å²) in [7, 11) is -3.47. The molecule has 20 heavy (non-hydrogen) atoms. The van der Waals surface area contributed by atoms with Gasteiger partial charge in [0.05, 0.1) is 15.6 Å². The van der Waals surface area contributed by atoms with Gasteiger partial charge in [-0.3, -0.25) is 10.1 Å². The highest BCUT2D eigenvalue weighted by molar-refractivity contribution is 9.10. The fraction of sp³-hybridized carbons (Fsp3) is 0.0769. The Morgan fingerprint density at radius 3 is 2.30 bits per heavy atom. The minimum atomic E-state index is -3.47. The summed E-state index contributed by atoms with van der Waals surface area (Å²) in [4.78, 5) is 10.3. The second-order valence-electron chi connectivity index (χ2n) is 4.10. The lowest BCUT2D eigenvalue weighted by Crippen LogP contribution is -2.05. The molecule has 0 radical (unpaired) electrons. The Hall–Kier alpha value is -1.73. The Morgan fingerprint density at radius 1 is 1.10 bits per heavy atom. The third kappa shape index (κ3) is 3.23. The zero-order valence-electron chi connectivity index (χ0n) is 10.2. The van der Waals surface area contributed by atoms with Gasteiger partial charge in [0.2, 0.25) is 0 Å². The van der Waals surface area contributed by atoms with Crippen LogP contribution in [0.25, 0.3) is 0 Å². The van der Waals surface area contributed by atoms with Crippen LogP contribution in [0, 0.1) is 10.1 Å². The minimum absolute atomic E-state index is 0.0854. The van der Waals surface area contributed by atoms with Crippen molar-refractivity contribution in [2.45, 2.75) is 10.6 Å². The standard InChI is InChI=1S/C13H10BrNO4S/c14-13-8-11(15(16)17)7-6-10(13)9-20(18,19)12-4-2-1-3-5-12/h1-8H,9H2. The van der Waals surface area contributed by atoms with E-state index in [0.29, 0.717) is 10.0 Å². The van der Waals surface area contributed by atoms with Gasteiger partial charge >= 0.3 is 0 Å². The van der Waals surface area contributed by atoms with Crippen LogP contribution in [0.3, 0.4) is 0 Å². The predicted molar refractivity (Wildman–Crippen MR) is 78.1 cm³/mol. The van der Waals surface area contributed by atoms with Crippen LogP contribution in [0.1, 0.15) is 5.56 Å². The monoisotopic (exact) mass is 355 g/mol. The second kappa shape index (κ2) is 5.72. The number of benzene rings is 2. The first-order chi connectivity index (χ1) is 9.40. The number of halogens is 1. The Morgan fingerprint density at radius 2 is 1.75 bits per heavy atom. The van der Waals surface area contributed by atoms with Crippen molar-refractivity contribution in [3.63, 3.8) is 0 Å². The fourth-order valence-electron chi connectivity index (χ4n) is 1.68. The average molecular weight is 356 g/mol. The first-order valence-electron chi connectivity index (χ1n) is 5.61. The van der Waals surface area contributed by atoms with Crippen molar-refractivity contribution in [1.29, 1.82) is 0 Å². The number of hydrogen-bond donors (Lipinski definition) is 0. The van der Waals surface area contributed by atoms with E-state index in [0.717, 1.165) is 0 Å². The molecule has 0 aliphatic heterocycles. The SMILES string of the molecule is O=[N+]([O-])c1ccc(CS(=O)(=O)c2ccccc2)c(Br)c1. The molecule has 0 aliphatic carbocycles. The number of sulfone groups is 1. The van der Waals surface area contributed by atoms with E-state index < -0.39 is 14.8 Å². The lowest BCUT2D eigenvalue weighted by Gasteiger charge is -2.06. The van der Waals surface area contributed by atoms with E-state index >= 15 is 0 Å². The minimum Gasteiger partial charge on any atom is -0.258 e. The first-order valence-corrected chi connectivity index (χ1v) is 8.05. The molecule has 0 fully saturated rings. The molecule has 0 aliphatic rings. The van der Waals surface area contributed by atoms with E-state index in [-0.39, 0.29) is 16.3 Å². The lowest BCUT2D eigenvalue weighted by molar-refractivity contribution is -0.384. The molecule has 0 amide bonds. The van der Waals surface area contributed by atoms with Gasteiger partial charge in [-0.2, -0.15) is 0 Å². The van der Waals surface area contributed by atoms with Gasteiger partial charge in [0, 0.05) is 16.6 Å². The van der Waals surface area contributed by atoms with E-state index in [1.165, 1.54) is 30.3 Å². The third-order valence-electron chi connectivity index (χ3n) is 2.70. The molecule has 0 saturated carbocycles. The highest BCUT2D eigenvalue weighted by atomic mass is 79.9. The van der Waals surface area contributed by atoms with Gasteiger partial charge in [0.15, 0.2) is 9.84 Å². The van der Waals surface area contributed by atoms with Crippen LogP contribution in [-0.2, 0) is 15.6 Å². The van der Waals surface area contributed by atoms with Gasteiger partial charge < -0.3 is 0 Å². The maximum Gasteiger partial charge on any atom is 0.270 e. The number of nitrogens with zero attached hydrogens (tertiary/aromatic N) is 1. The van der Waals surface area contributed by atoms with E-state index in [2.05, 4.69) is 15.9 Å². The zero-order valence-corrected chi connectivity index (χ0v) is 12.6. The largest absolute Gasteiger partial charge is 0.270 e. The van der Waals surface area contributed by atoms with Crippen LogP contribution in [0.4, 0.5) is 5.69 Å². The first kappa shape index (κ1) is 14.7. The Kier molecular flexibility index (Phi) is 4.20. The molecular weight excluding hydrogens is 346 g/mol. The molecule has 2 aromatic rings. The molecule has 2 aromatic carbocycles. The van der Waals surface area contributed by atoms with Crippen molar-refractivity contribution in [2.24, 2.45) is 0 Å². The van der Waals surface area contributed by atoms with Gasteiger partial charge in [-0.05, 0) is 17.7 Å². The Labute approximate surface area is 124 Å². The summed E-state index contributed by atoms with van der Waals surface area (Å²) < 4.78 is 24.8. The van der Waals surface area contributed by atoms with Gasteiger partial charge in [0.1, 0.15) is 0 Å². The van der Waals surface area contributed by atoms with Crippen LogP contribution < -0.4 is 0 Å². The molecule has 5 nitrogen and oxygen atoms in total. The highest BCUT2D eigenvalue weighted by Crippen LogP contribution is 2.26. The summed E-state index contributed by atoms with van der Waals surface area (Å²) in [6.45, 7) is 0. The normalized spacial score (nSPS) is 11.2. The predicted octanol–water partition coefficient (Wildman–Crippen LogP) is 3.33. The van der Waals surface area contributed by atoms with Crippen molar-refractivity contribution in [3.8, 4) is 0 Å². The van der Waals surface area contributed by atoms with E-state index in [9.17, 15) is 18.5 Å². The van der Waals surface area contributed by atoms with E-state index in [4.69, 9.17) is 0 Å². The summed E-state index contributed by atoms with van der Waals surface area (Å²) in [6.07, 6.45) is 0. The number of nitro groups is 1. The van der Waals surface area contributed by atoms with Crippen molar-refractivity contribution in [3.05, 3.63) is 68.7 Å². The molecular formula is C13H10BrNO4S. The van der Waals surface area contributed by atoms with Crippen molar-refractivity contribution < 1.29 is 13.3 Å². The lowest BCUT2D eigenvalue weighted by atomic mass is 10.2. The van der Waals surface area contributed by atoms with Crippen molar-refractivity contribution in [2.75, 3.05) is 0 Å². The topological polar surface area (TPSA) is 77.3 Å². The molecule has 0 aromatic heterocycles. The van der Waals surface area contributed by atoms with Gasteiger partial charge in [-0.1, -0.05) is 40.2 Å². The van der Waals surface area contributed by atoms with Crippen LogP contribution >= 0.6 is 15.9 Å². The van der Waals surface area contributed by atoms with E-state index in [1.54, 1.807) is 18.2 Å². The molecule has 0 bridgehead atoms. The third-order valence-corrected chi connectivity index (χ3v) is 5.11. The molecule has 0 atom stereocenters. The molecule has 0 heterocycles. The summed E-state index contributed by atoms with van der Waals surface area (Å²) in [5.74, 6) is -0.213. The summed E-state index contributed by atoms with van der Waals surface area (Å²) in [5.41, 5.74) is 0.400. The molecule has 0 saturated heterocycles. The molecule has 104 valence electrons. The van der Waals surface area contributed by atoms with E-state index in [1.807, 2.05) is 0 Å². The molecule has 0 unspecified atom stereocenters. The van der Waals surface area contributed by atoms with Crippen molar-refractivity contribution >= 4 is 31.5 Å². The van der Waals surface area contributed by atoms with Gasteiger partial charge in [-0.25, -0.2) is 8.42 Å². The molecule has 7 heteroatoms. The Bertz CT molecular complexity index is 744. The molecule has 0 spiro atoms. The average Bonchev–Trinajstić information content (AvgIpc) is 2.41. The number of non-ortho nitro benzene ring substituents is 1. The maximum atomic E-state index is 12.2. The Balaban J connectivity index is 2.33. The molecule has 2 rings (SSSR count). The summed E-state index contributed by atoms with van der Waals surface area (Å²) >= 11 is 3.17. The number of hydrogen-bond acceptors (Lipinski definition) is 4. The van der Waals surface area contributed by atoms with Crippen molar-refractivity contribution in [1.82, 2.24) is 0 Å². The number of rotatable bonds is 4. The molecule has 0 N–H and O–H groups in total. The fourth-order valence-corrected chi connectivity index (χ4v) is 3.77. The summed E-state index contributed by atoms with van der Waals surface area (Å²) in [5, 5.41) is 10.6. The van der Waals surface area contributed by atoms with Crippen LogP contribution in [-0.4, -0.2) is 13.3 Å². The highest BCUT2D eigenvalue weighted by Gasteiger charge is 2.18. The van der Waals surface area contributed by atoms with Gasteiger partial charge in [-0.15, -0.1) is 0 Å².